The van der Waals surface area contributed by atoms with Gasteiger partial charge in [-0.05, 0) is 26.0 Å². The van der Waals surface area contributed by atoms with Crippen LogP contribution in [0.1, 0.15) is 12.6 Å². The molecule has 0 unspecified atom stereocenters. The zero-order chi connectivity index (χ0) is 13.1. The molecule has 2 rings (SSSR count). The molecule has 0 amide bonds. The van der Waals surface area contributed by atoms with Crippen molar-refractivity contribution in [2.24, 2.45) is 0 Å². The van der Waals surface area contributed by atoms with Gasteiger partial charge in [0.25, 0.3) is 0 Å². The molecule has 0 radical (unpaired) electrons. The number of hydrogen-bond acceptors (Lipinski definition) is 4. The number of hydrogen-bond donors (Lipinski definition) is 1. The Hall–Kier alpha value is -2.17. The normalized spacial score (nSPS) is 10.4. The summed E-state index contributed by atoms with van der Waals surface area (Å²) in [5.74, 6) is 1.85. The standard InChI is InChI=1S/C13H17N3O2/c1-4-16-13(12(14)9(2)15-16)18-11-8-6-5-7-10(11)17-3/h5-8H,4,14H2,1-3H3. The molecule has 0 bridgehead atoms. The number of ether oxygens (including phenoxy) is 2. The van der Waals surface area contributed by atoms with Crippen LogP contribution >= 0.6 is 0 Å². The smallest absolute Gasteiger partial charge is 0.241 e. The Morgan fingerprint density at radius 2 is 1.94 bits per heavy atom. The molecule has 0 saturated heterocycles. The van der Waals surface area contributed by atoms with E-state index in [-0.39, 0.29) is 0 Å². The number of anilines is 1. The van der Waals surface area contributed by atoms with Gasteiger partial charge in [0, 0.05) is 6.54 Å². The highest BCUT2D eigenvalue weighted by atomic mass is 16.5. The fraction of sp³-hybridized carbons (Fsp3) is 0.308. The summed E-state index contributed by atoms with van der Waals surface area (Å²) in [5, 5.41) is 4.31. The van der Waals surface area contributed by atoms with Gasteiger partial charge >= 0.3 is 0 Å². The summed E-state index contributed by atoms with van der Waals surface area (Å²) in [6.45, 7) is 4.54. The van der Waals surface area contributed by atoms with Crippen molar-refractivity contribution in [2.45, 2.75) is 20.4 Å². The minimum atomic E-state index is 0.555. The molecule has 2 N–H and O–H groups in total. The average Bonchev–Trinajstić information content (AvgIpc) is 2.67. The molecule has 5 nitrogen and oxygen atoms in total. The second kappa shape index (κ2) is 5.00. The lowest BCUT2D eigenvalue weighted by Crippen LogP contribution is -2.01. The second-order valence-corrected chi connectivity index (χ2v) is 3.87. The number of methoxy groups -OCH3 is 1. The number of aryl methyl sites for hydroxylation is 2. The first-order valence-electron chi connectivity index (χ1n) is 5.81. The van der Waals surface area contributed by atoms with Crippen molar-refractivity contribution >= 4 is 5.69 Å². The summed E-state index contributed by atoms with van der Waals surface area (Å²) >= 11 is 0. The van der Waals surface area contributed by atoms with Gasteiger partial charge in [-0.25, -0.2) is 4.68 Å². The van der Waals surface area contributed by atoms with E-state index in [0.29, 0.717) is 29.6 Å². The fourth-order valence-corrected chi connectivity index (χ4v) is 1.70. The third-order valence-electron chi connectivity index (χ3n) is 2.70. The number of nitrogens with two attached hydrogens (primary N) is 1. The molecule has 0 spiro atoms. The summed E-state index contributed by atoms with van der Waals surface area (Å²) in [4.78, 5) is 0. The molecule has 1 aromatic carbocycles. The average molecular weight is 247 g/mol. The van der Waals surface area contributed by atoms with Gasteiger partial charge in [-0.3, -0.25) is 0 Å². The first-order valence-corrected chi connectivity index (χ1v) is 5.81. The molecule has 0 aliphatic carbocycles. The lowest BCUT2D eigenvalue weighted by atomic mass is 10.3. The molecule has 1 aromatic heterocycles. The van der Waals surface area contributed by atoms with Gasteiger partial charge in [0.1, 0.15) is 5.69 Å². The highest BCUT2D eigenvalue weighted by molar-refractivity contribution is 5.55. The zero-order valence-electron chi connectivity index (χ0n) is 10.8. The van der Waals surface area contributed by atoms with Crippen LogP contribution in [0.5, 0.6) is 17.4 Å². The van der Waals surface area contributed by atoms with Crippen LogP contribution in [0.4, 0.5) is 5.69 Å². The molecule has 96 valence electrons. The van der Waals surface area contributed by atoms with Crippen LogP contribution in [0.15, 0.2) is 24.3 Å². The van der Waals surface area contributed by atoms with Crippen LogP contribution in [0.2, 0.25) is 0 Å². The van der Waals surface area contributed by atoms with Crippen LogP contribution in [0, 0.1) is 6.92 Å². The van der Waals surface area contributed by atoms with E-state index < -0.39 is 0 Å². The fourth-order valence-electron chi connectivity index (χ4n) is 1.70. The van der Waals surface area contributed by atoms with Gasteiger partial charge in [-0.15, -0.1) is 0 Å². The molecule has 2 aromatic rings. The molecular weight excluding hydrogens is 230 g/mol. The largest absolute Gasteiger partial charge is 0.493 e. The van der Waals surface area contributed by atoms with Gasteiger partial charge < -0.3 is 15.2 Å². The lowest BCUT2D eigenvalue weighted by molar-refractivity contribution is 0.362. The third kappa shape index (κ3) is 2.11. The van der Waals surface area contributed by atoms with Gasteiger partial charge in [-0.1, -0.05) is 12.1 Å². The van der Waals surface area contributed by atoms with Crippen molar-refractivity contribution in [1.82, 2.24) is 9.78 Å². The third-order valence-corrected chi connectivity index (χ3v) is 2.70. The second-order valence-electron chi connectivity index (χ2n) is 3.87. The van der Waals surface area contributed by atoms with Crippen molar-refractivity contribution < 1.29 is 9.47 Å². The predicted molar refractivity (Wildman–Crippen MR) is 70.1 cm³/mol. The number of nitrogen functional groups attached to an aromatic ring is 1. The van der Waals surface area contributed by atoms with E-state index in [9.17, 15) is 0 Å². The Labute approximate surface area is 106 Å². The SMILES string of the molecule is CCn1nc(C)c(N)c1Oc1ccccc1OC. The zero-order valence-corrected chi connectivity index (χ0v) is 10.8. The summed E-state index contributed by atoms with van der Waals surface area (Å²) in [5.41, 5.74) is 7.29. The van der Waals surface area contributed by atoms with E-state index in [1.165, 1.54) is 0 Å². The molecule has 0 aliphatic rings. The van der Waals surface area contributed by atoms with Crippen LogP contribution in [0.25, 0.3) is 0 Å². The molecular formula is C13H17N3O2. The van der Waals surface area contributed by atoms with E-state index >= 15 is 0 Å². The van der Waals surface area contributed by atoms with E-state index in [4.69, 9.17) is 15.2 Å². The van der Waals surface area contributed by atoms with Crippen molar-refractivity contribution in [3.63, 3.8) is 0 Å². The highest BCUT2D eigenvalue weighted by Crippen LogP contribution is 2.34. The van der Waals surface area contributed by atoms with Gasteiger partial charge in [0.2, 0.25) is 5.88 Å². The van der Waals surface area contributed by atoms with Gasteiger partial charge in [-0.2, -0.15) is 5.10 Å². The molecule has 5 heteroatoms. The molecule has 1 heterocycles. The minimum Gasteiger partial charge on any atom is -0.493 e. The topological polar surface area (TPSA) is 62.3 Å². The van der Waals surface area contributed by atoms with E-state index in [2.05, 4.69) is 5.10 Å². The van der Waals surface area contributed by atoms with Crippen LogP contribution in [0.3, 0.4) is 0 Å². The van der Waals surface area contributed by atoms with Crippen LogP contribution in [-0.2, 0) is 6.54 Å². The van der Waals surface area contributed by atoms with Crippen molar-refractivity contribution in [3.05, 3.63) is 30.0 Å². The number of benzene rings is 1. The number of aromatic nitrogens is 2. The minimum absolute atomic E-state index is 0.555. The van der Waals surface area contributed by atoms with Crippen LogP contribution < -0.4 is 15.2 Å². The van der Waals surface area contributed by atoms with Crippen molar-refractivity contribution in [1.29, 1.82) is 0 Å². The quantitative estimate of drug-likeness (QED) is 0.902. The molecule has 0 atom stereocenters. The summed E-state index contributed by atoms with van der Waals surface area (Å²) < 4.78 is 12.8. The summed E-state index contributed by atoms with van der Waals surface area (Å²) in [7, 11) is 1.61. The van der Waals surface area contributed by atoms with Gasteiger partial charge in [0.05, 0.1) is 12.8 Å². The molecule has 0 saturated carbocycles. The Balaban J connectivity index is 2.39. The van der Waals surface area contributed by atoms with E-state index in [0.717, 1.165) is 5.69 Å². The van der Waals surface area contributed by atoms with Crippen molar-refractivity contribution in [2.75, 3.05) is 12.8 Å². The first-order chi connectivity index (χ1) is 8.67. The van der Waals surface area contributed by atoms with E-state index in [1.54, 1.807) is 11.8 Å². The maximum Gasteiger partial charge on any atom is 0.241 e. The molecule has 18 heavy (non-hydrogen) atoms. The van der Waals surface area contributed by atoms with E-state index in [1.807, 2.05) is 38.1 Å². The number of rotatable bonds is 4. The highest BCUT2D eigenvalue weighted by Gasteiger charge is 2.15. The maximum atomic E-state index is 5.97. The first kappa shape index (κ1) is 12.3. The Morgan fingerprint density at radius 3 is 2.56 bits per heavy atom. The number of para-hydroxylation sites is 2. The van der Waals surface area contributed by atoms with Gasteiger partial charge in [0.15, 0.2) is 11.5 Å². The Morgan fingerprint density at radius 1 is 1.28 bits per heavy atom. The Bertz CT molecular complexity index is 549. The Kier molecular flexibility index (Phi) is 3.41. The van der Waals surface area contributed by atoms with Crippen LogP contribution in [-0.4, -0.2) is 16.9 Å². The number of nitrogens with zero attached hydrogens (tertiary/aromatic N) is 2. The van der Waals surface area contributed by atoms with Crippen molar-refractivity contribution in [3.8, 4) is 17.4 Å². The molecule has 0 aliphatic heterocycles. The summed E-state index contributed by atoms with van der Waals surface area (Å²) in [6, 6.07) is 7.44. The monoisotopic (exact) mass is 247 g/mol. The maximum absolute atomic E-state index is 5.97. The molecule has 0 fully saturated rings. The predicted octanol–water partition coefficient (Wildman–Crippen LogP) is 2.59. The summed E-state index contributed by atoms with van der Waals surface area (Å²) in [6.07, 6.45) is 0. The lowest BCUT2D eigenvalue weighted by Gasteiger charge is -2.11.